The van der Waals surface area contributed by atoms with Crippen molar-refractivity contribution in [1.82, 2.24) is 5.32 Å². The van der Waals surface area contributed by atoms with Crippen LogP contribution in [0.15, 0.2) is 12.1 Å². The van der Waals surface area contributed by atoms with E-state index in [2.05, 4.69) is 25.2 Å². The lowest BCUT2D eigenvalue weighted by atomic mass is 9.91. The van der Waals surface area contributed by atoms with Gasteiger partial charge in [0.2, 0.25) is 0 Å². The fourth-order valence-electron chi connectivity index (χ4n) is 3.27. The van der Waals surface area contributed by atoms with Gasteiger partial charge in [0, 0.05) is 18.5 Å². The molecule has 1 aromatic carbocycles. The normalized spacial score (nSPS) is 27.9. The number of hydrogen-bond acceptors (Lipinski definition) is 3. The lowest BCUT2D eigenvalue weighted by Crippen LogP contribution is -2.52. The van der Waals surface area contributed by atoms with Gasteiger partial charge in [-0.15, -0.1) is 0 Å². The highest BCUT2D eigenvalue weighted by Crippen LogP contribution is 2.31. The van der Waals surface area contributed by atoms with E-state index in [1.54, 1.807) is 0 Å². The molecule has 0 radical (unpaired) electrons. The Balaban J connectivity index is 1.65. The molecule has 114 valence electrons. The highest BCUT2D eigenvalue weighted by molar-refractivity contribution is 5.83. The number of ether oxygens (including phenoxy) is 1. The monoisotopic (exact) mass is 288 g/mol. The Morgan fingerprint density at radius 2 is 1.95 bits per heavy atom. The van der Waals surface area contributed by atoms with E-state index in [1.807, 2.05) is 6.07 Å². The SMILES string of the molecule is Cc1cc2c(cc1C)O[C@H](C(=O)N[C@@H]1CCCC[C@H]1N)C2. The number of nitrogens with two attached hydrogens (primary N) is 1. The summed E-state index contributed by atoms with van der Waals surface area (Å²) in [6.07, 6.45) is 4.53. The lowest BCUT2D eigenvalue weighted by Gasteiger charge is -2.30. The van der Waals surface area contributed by atoms with Crippen molar-refractivity contribution in [2.24, 2.45) is 5.73 Å². The van der Waals surface area contributed by atoms with E-state index in [1.165, 1.54) is 11.1 Å². The number of aryl methyl sites for hydroxylation is 2. The largest absolute Gasteiger partial charge is 0.480 e. The molecule has 1 aromatic rings. The summed E-state index contributed by atoms with van der Waals surface area (Å²) < 4.78 is 5.83. The van der Waals surface area contributed by atoms with Crippen LogP contribution in [0.4, 0.5) is 0 Å². The van der Waals surface area contributed by atoms with Crippen LogP contribution in [-0.4, -0.2) is 24.1 Å². The lowest BCUT2D eigenvalue weighted by molar-refractivity contribution is -0.128. The van der Waals surface area contributed by atoms with Crippen LogP contribution in [-0.2, 0) is 11.2 Å². The van der Waals surface area contributed by atoms with E-state index in [0.29, 0.717) is 6.42 Å². The molecule has 3 atom stereocenters. The standard InChI is InChI=1S/C17H24N2O2/c1-10-7-12-9-16(21-15(12)8-11(10)2)17(20)19-14-6-4-3-5-13(14)18/h7-8,13-14,16H,3-6,9,18H2,1-2H3,(H,19,20)/t13-,14-,16+/m1/s1. The maximum absolute atomic E-state index is 12.4. The molecule has 1 fully saturated rings. The molecule has 3 rings (SSSR count). The van der Waals surface area contributed by atoms with Gasteiger partial charge in [0.1, 0.15) is 5.75 Å². The third-order valence-electron chi connectivity index (χ3n) is 4.79. The van der Waals surface area contributed by atoms with E-state index in [9.17, 15) is 4.79 Å². The molecule has 4 nitrogen and oxygen atoms in total. The van der Waals surface area contributed by atoms with E-state index >= 15 is 0 Å². The van der Waals surface area contributed by atoms with Crippen molar-refractivity contribution < 1.29 is 9.53 Å². The first-order valence-corrected chi connectivity index (χ1v) is 7.87. The second-order valence-corrected chi connectivity index (χ2v) is 6.42. The molecule has 4 heteroatoms. The van der Waals surface area contributed by atoms with E-state index in [-0.39, 0.29) is 18.0 Å². The van der Waals surface area contributed by atoms with Gasteiger partial charge in [-0.3, -0.25) is 4.79 Å². The minimum Gasteiger partial charge on any atom is -0.480 e. The number of benzene rings is 1. The van der Waals surface area contributed by atoms with Crippen molar-refractivity contribution in [3.8, 4) is 5.75 Å². The molecule has 0 bridgehead atoms. The van der Waals surface area contributed by atoms with Crippen molar-refractivity contribution in [3.63, 3.8) is 0 Å². The minimum atomic E-state index is -0.407. The van der Waals surface area contributed by atoms with Crippen LogP contribution in [0.3, 0.4) is 0 Å². The average Bonchev–Trinajstić information content (AvgIpc) is 2.85. The van der Waals surface area contributed by atoms with Crippen LogP contribution in [0.2, 0.25) is 0 Å². The summed E-state index contributed by atoms with van der Waals surface area (Å²) in [4.78, 5) is 12.4. The van der Waals surface area contributed by atoms with Crippen LogP contribution in [0, 0.1) is 13.8 Å². The first kappa shape index (κ1) is 14.4. The van der Waals surface area contributed by atoms with Crippen molar-refractivity contribution in [2.45, 2.75) is 64.1 Å². The number of fused-ring (bicyclic) bond motifs is 1. The van der Waals surface area contributed by atoms with Crippen LogP contribution in [0.5, 0.6) is 5.75 Å². The zero-order valence-corrected chi connectivity index (χ0v) is 12.8. The maximum atomic E-state index is 12.4. The quantitative estimate of drug-likeness (QED) is 0.875. The zero-order chi connectivity index (χ0) is 15.0. The second-order valence-electron chi connectivity index (χ2n) is 6.42. The molecule has 3 N–H and O–H groups in total. The maximum Gasteiger partial charge on any atom is 0.261 e. The van der Waals surface area contributed by atoms with Crippen LogP contribution in [0.25, 0.3) is 0 Å². The highest BCUT2D eigenvalue weighted by atomic mass is 16.5. The number of nitrogens with one attached hydrogen (secondary N) is 1. The van der Waals surface area contributed by atoms with Gasteiger partial charge in [-0.25, -0.2) is 0 Å². The summed E-state index contributed by atoms with van der Waals surface area (Å²) in [5.74, 6) is 0.829. The summed E-state index contributed by atoms with van der Waals surface area (Å²) in [6, 6.07) is 4.34. The molecular weight excluding hydrogens is 264 g/mol. The van der Waals surface area contributed by atoms with Crippen molar-refractivity contribution >= 4 is 5.91 Å². The molecule has 1 heterocycles. The van der Waals surface area contributed by atoms with E-state index in [4.69, 9.17) is 10.5 Å². The van der Waals surface area contributed by atoms with Gasteiger partial charge in [-0.2, -0.15) is 0 Å². The molecule has 0 spiro atoms. The zero-order valence-electron chi connectivity index (χ0n) is 12.8. The predicted octanol–water partition coefficient (Wildman–Crippen LogP) is 1.99. The highest BCUT2D eigenvalue weighted by Gasteiger charge is 2.32. The Hall–Kier alpha value is -1.55. The Kier molecular flexibility index (Phi) is 3.89. The Morgan fingerprint density at radius 3 is 2.71 bits per heavy atom. The summed E-state index contributed by atoms with van der Waals surface area (Å²) in [5, 5.41) is 3.09. The molecule has 1 aliphatic heterocycles. The molecule has 0 unspecified atom stereocenters. The number of carbonyl (C=O) groups excluding carboxylic acids is 1. The number of amides is 1. The first-order chi connectivity index (χ1) is 10.0. The van der Waals surface area contributed by atoms with Crippen molar-refractivity contribution in [3.05, 3.63) is 28.8 Å². The van der Waals surface area contributed by atoms with E-state index in [0.717, 1.165) is 37.0 Å². The van der Waals surface area contributed by atoms with Gasteiger partial charge in [-0.1, -0.05) is 18.9 Å². The summed E-state index contributed by atoms with van der Waals surface area (Å²) in [7, 11) is 0. The Morgan fingerprint density at radius 1 is 1.24 bits per heavy atom. The van der Waals surface area contributed by atoms with Gasteiger partial charge in [0.15, 0.2) is 6.10 Å². The van der Waals surface area contributed by atoms with Gasteiger partial charge in [-0.05, 0) is 49.4 Å². The molecule has 1 amide bonds. The van der Waals surface area contributed by atoms with Crippen LogP contribution in [0.1, 0.15) is 42.4 Å². The van der Waals surface area contributed by atoms with Crippen molar-refractivity contribution in [2.75, 3.05) is 0 Å². The van der Waals surface area contributed by atoms with Gasteiger partial charge in [0.25, 0.3) is 5.91 Å². The molecule has 1 saturated carbocycles. The average molecular weight is 288 g/mol. The first-order valence-electron chi connectivity index (χ1n) is 7.87. The van der Waals surface area contributed by atoms with Crippen LogP contribution >= 0.6 is 0 Å². The number of carbonyl (C=O) groups is 1. The van der Waals surface area contributed by atoms with Crippen molar-refractivity contribution in [1.29, 1.82) is 0 Å². The second kappa shape index (κ2) is 5.68. The predicted molar refractivity (Wildman–Crippen MR) is 82.4 cm³/mol. The third-order valence-corrected chi connectivity index (χ3v) is 4.79. The fraction of sp³-hybridized carbons (Fsp3) is 0.588. The molecular formula is C17H24N2O2. The number of rotatable bonds is 2. The molecule has 21 heavy (non-hydrogen) atoms. The van der Waals surface area contributed by atoms with Gasteiger partial charge < -0.3 is 15.8 Å². The number of hydrogen-bond donors (Lipinski definition) is 2. The van der Waals surface area contributed by atoms with Gasteiger partial charge in [0.05, 0.1) is 0 Å². The molecule has 0 saturated heterocycles. The summed E-state index contributed by atoms with van der Waals surface area (Å²) >= 11 is 0. The Bertz CT molecular complexity index is 525. The Labute approximate surface area is 126 Å². The molecule has 2 aliphatic rings. The summed E-state index contributed by atoms with van der Waals surface area (Å²) in [5.41, 5.74) is 9.67. The molecule has 0 aromatic heterocycles. The minimum absolute atomic E-state index is 0.0242. The van der Waals surface area contributed by atoms with Crippen LogP contribution < -0.4 is 15.8 Å². The summed E-state index contributed by atoms with van der Waals surface area (Å²) in [6.45, 7) is 4.15. The molecule has 1 aliphatic carbocycles. The van der Waals surface area contributed by atoms with Gasteiger partial charge >= 0.3 is 0 Å². The fourth-order valence-corrected chi connectivity index (χ4v) is 3.27. The third kappa shape index (κ3) is 2.91. The topological polar surface area (TPSA) is 64.3 Å². The van der Waals surface area contributed by atoms with E-state index < -0.39 is 6.10 Å². The smallest absolute Gasteiger partial charge is 0.261 e.